The second kappa shape index (κ2) is 8.55. The zero-order valence-electron chi connectivity index (χ0n) is 14.6. The van der Waals surface area contributed by atoms with Gasteiger partial charge >= 0.3 is 0 Å². The second-order valence-corrected chi connectivity index (χ2v) is 7.41. The molecule has 1 aliphatic rings. The van der Waals surface area contributed by atoms with E-state index in [1.165, 1.54) is 12.8 Å². The summed E-state index contributed by atoms with van der Waals surface area (Å²) in [5.74, 6) is 3.60. The van der Waals surface area contributed by atoms with E-state index in [0.717, 1.165) is 37.5 Å². The number of nitrogen functional groups attached to an aromatic ring is 1. The molecule has 1 aromatic rings. The molecule has 1 heterocycles. The van der Waals surface area contributed by atoms with Gasteiger partial charge in [0.2, 0.25) is 0 Å². The summed E-state index contributed by atoms with van der Waals surface area (Å²) in [7, 11) is 0. The van der Waals surface area contributed by atoms with Crippen LogP contribution in [0, 0.1) is 24.2 Å². The van der Waals surface area contributed by atoms with E-state index in [1.54, 1.807) is 6.92 Å². The average molecular weight is 347 g/mol. The number of anilines is 1. The molecule has 1 aromatic carbocycles. The van der Waals surface area contributed by atoms with Crippen LogP contribution in [0.2, 0.25) is 5.02 Å². The van der Waals surface area contributed by atoms with Gasteiger partial charge in [0.25, 0.3) is 0 Å². The number of benzene rings is 1. The first-order valence-electron chi connectivity index (χ1n) is 8.68. The van der Waals surface area contributed by atoms with E-state index in [-0.39, 0.29) is 11.7 Å². The molecule has 2 N–H and O–H groups in total. The number of rotatable bonds is 6. The Hall–Kier alpha value is -1.50. The molecule has 3 nitrogen and oxygen atoms in total. The van der Waals surface area contributed by atoms with Gasteiger partial charge in [-0.25, -0.2) is 0 Å². The minimum atomic E-state index is -0.00494. The largest absolute Gasteiger partial charge is 0.397 e. The number of terminal acetylenes is 1. The number of nitrogens with zero attached hydrogens (tertiary/aromatic N) is 1. The van der Waals surface area contributed by atoms with Crippen LogP contribution in [0.3, 0.4) is 0 Å². The molecule has 0 unspecified atom stereocenters. The number of likely N-dealkylation sites (tertiary alicyclic amines) is 1. The lowest BCUT2D eigenvalue weighted by Gasteiger charge is -2.31. The third-order valence-corrected chi connectivity index (χ3v) is 5.38. The normalized spacial score (nSPS) is 17.4. The molecular formula is C20H27ClN2O. The molecule has 2 rings (SSSR count). The first kappa shape index (κ1) is 18.8. The van der Waals surface area contributed by atoms with Crippen LogP contribution in [0.5, 0.6) is 0 Å². The molecule has 4 heteroatoms. The highest BCUT2D eigenvalue weighted by molar-refractivity contribution is 6.33. The lowest BCUT2D eigenvalue weighted by Crippen LogP contribution is -2.35. The van der Waals surface area contributed by atoms with Crippen molar-refractivity contribution >= 4 is 23.1 Å². The first-order chi connectivity index (χ1) is 11.4. The molecule has 24 heavy (non-hydrogen) atoms. The van der Waals surface area contributed by atoms with Gasteiger partial charge in [0.05, 0.1) is 10.7 Å². The van der Waals surface area contributed by atoms with E-state index in [0.29, 0.717) is 22.7 Å². The van der Waals surface area contributed by atoms with Crippen molar-refractivity contribution in [3.05, 3.63) is 28.3 Å². The molecule has 1 saturated heterocycles. The van der Waals surface area contributed by atoms with E-state index in [2.05, 4.69) is 17.7 Å². The molecule has 0 aromatic heterocycles. The number of Topliss-reactive ketones (excluding diaryl/α,β-unsaturated/α-hetero) is 1. The number of halogens is 1. The summed E-state index contributed by atoms with van der Waals surface area (Å²) in [6.45, 7) is 7.23. The van der Waals surface area contributed by atoms with E-state index >= 15 is 0 Å². The molecular weight excluding hydrogens is 320 g/mol. The molecule has 1 aliphatic heterocycles. The first-order valence-corrected chi connectivity index (χ1v) is 9.05. The Morgan fingerprint density at radius 2 is 2.12 bits per heavy atom. The maximum Gasteiger partial charge on any atom is 0.133 e. The van der Waals surface area contributed by atoms with Crippen LogP contribution in [0.1, 0.15) is 44.2 Å². The topological polar surface area (TPSA) is 46.3 Å². The molecule has 0 aliphatic carbocycles. The maximum atomic E-state index is 12.1. The summed E-state index contributed by atoms with van der Waals surface area (Å²) >= 11 is 6.16. The highest BCUT2D eigenvalue weighted by Gasteiger charge is 2.20. The molecule has 0 radical (unpaired) electrons. The molecule has 0 bridgehead atoms. The minimum Gasteiger partial charge on any atom is -0.397 e. The van der Waals surface area contributed by atoms with E-state index in [9.17, 15) is 4.79 Å². The highest BCUT2D eigenvalue weighted by atomic mass is 35.5. The molecule has 0 saturated carbocycles. The summed E-state index contributed by atoms with van der Waals surface area (Å²) in [6, 6.07) is 3.70. The van der Waals surface area contributed by atoms with Gasteiger partial charge in [-0.3, -0.25) is 4.79 Å². The predicted octanol–water partition coefficient (Wildman–Crippen LogP) is 3.77. The predicted molar refractivity (Wildman–Crippen MR) is 101 cm³/mol. The fourth-order valence-corrected chi connectivity index (χ4v) is 3.51. The van der Waals surface area contributed by atoms with Gasteiger partial charge in [0.15, 0.2) is 0 Å². The maximum absolute atomic E-state index is 12.1. The van der Waals surface area contributed by atoms with Gasteiger partial charge in [0, 0.05) is 11.5 Å². The monoisotopic (exact) mass is 346 g/mol. The van der Waals surface area contributed by atoms with Crippen LogP contribution in [0.4, 0.5) is 5.69 Å². The van der Waals surface area contributed by atoms with Crippen molar-refractivity contribution in [1.82, 2.24) is 4.90 Å². The summed E-state index contributed by atoms with van der Waals surface area (Å²) in [5.41, 5.74) is 7.89. The Morgan fingerprint density at radius 3 is 2.71 bits per heavy atom. The van der Waals surface area contributed by atoms with Crippen molar-refractivity contribution in [2.45, 2.75) is 39.5 Å². The Balaban J connectivity index is 2.00. The number of nitrogens with two attached hydrogens (primary N) is 1. The number of hydrogen-bond donors (Lipinski definition) is 1. The third-order valence-electron chi connectivity index (χ3n) is 5.07. The summed E-state index contributed by atoms with van der Waals surface area (Å²) in [4.78, 5) is 14.5. The van der Waals surface area contributed by atoms with E-state index in [1.807, 2.05) is 12.1 Å². The van der Waals surface area contributed by atoms with Crippen molar-refractivity contribution in [2.24, 2.45) is 11.8 Å². The number of piperidine rings is 1. The average Bonchev–Trinajstić information content (AvgIpc) is 2.55. The quantitative estimate of drug-likeness (QED) is 0.630. The Bertz CT molecular complexity index is 627. The minimum absolute atomic E-state index is 0.00494. The highest BCUT2D eigenvalue weighted by Crippen LogP contribution is 2.27. The van der Waals surface area contributed by atoms with Crippen molar-refractivity contribution in [3.63, 3.8) is 0 Å². The van der Waals surface area contributed by atoms with E-state index in [4.69, 9.17) is 23.8 Å². The van der Waals surface area contributed by atoms with Crippen LogP contribution >= 0.6 is 11.6 Å². The summed E-state index contributed by atoms with van der Waals surface area (Å²) in [5, 5.41) is 0.466. The fourth-order valence-electron chi connectivity index (χ4n) is 3.27. The molecule has 130 valence electrons. The molecule has 1 fully saturated rings. The van der Waals surface area contributed by atoms with Gasteiger partial charge in [-0.05, 0) is 75.9 Å². The van der Waals surface area contributed by atoms with Crippen LogP contribution in [-0.4, -0.2) is 30.3 Å². The Labute approximate surface area is 150 Å². The molecule has 1 atom stereocenters. The van der Waals surface area contributed by atoms with Gasteiger partial charge in [0.1, 0.15) is 5.78 Å². The lowest BCUT2D eigenvalue weighted by atomic mass is 9.91. The summed E-state index contributed by atoms with van der Waals surface area (Å²) < 4.78 is 0. The lowest BCUT2D eigenvalue weighted by molar-refractivity contribution is -0.121. The van der Waals surface area contributed by atoms with Crippen molar-refractivity contribution < 1.29 is 4.79 Å². The van der Waals surface area contributed by atoms with Gasteiger partial charge < -0.3 is 10.6 Å². The van der Waals surface area contributed by atoms with Gasteiger partial charge in [-0.2, -0.15) is 0 Å². The van der Waals surface area contributed by atoms with Crippen LogP contribution in [0.25, 0.3) is 0 Å². The van der Waals surface area contributed by atoms with Crippen LogP contribution in [0.15, 0.2) is 12.1 Å². The zero-order valence-corrected chi connectivity index (χ0v) is 15.4. The smallest absolute Gasteiger partial charge is 0.133 e. The number of hydrogen-bond acceptors (Lipinski definition) is 3. The Morgan fingerprint density at radius 1 is 1.46 bits per heavy atom. The fraction of sp³-hybridized carbons (Fsp3) is 0.550. The zero-order chi connectivity index (χ0) is 17.7. The molecule has 0 amide bonds. The number of ketones is 1. The molecule has 0 spiro atoms. The van der Waals surface area contributed by atoms with E-state index < -0.39 is 0 Å². The van der Waals surface area contributed by atoms with Crippen molar-refractivity contribution in [2.75, 3.05) is 25.4 Å². The van der Waals surface area contributed by atoms with Crippen molar-refractivity contribution in [3.8, 4) is 12.3 Å². The van der Waals surface area contributed by atoms with Gasteiger partial charge in [-0.1, -0.05) is 24.4 Å². The SMILES string of the molecule is C#Cc1cc(C[C@@H](CCN2CCC(C)CC2)C(C)=O)cc(Cl)c1N. The van der Waals surface area contributed by atoms with Crippen LogP contribution < -0.4 is 5.73 Å². The summed E-state index contributed by atoms with van der Waals surface area (Å²) in [6.07, 6.45) is 9.52. The van der Waals surface area contributed by atoms with Crippen molar-refractivity contribution in [1.29, 1.82) is 0 Å². The third kappa shape index (κ3) is 5.00. The Kier molecular flexibility index (Phi) is 6.71. The van der Waals surface area contributed by atoms with Gasteiger partial charge in [-0.15, -0.1) is 6.42 Å². The number of carbonyl (C=O) groups excluding carboxylic acids is 1. The van der Waals surface area contributed by atoms with Crippen LogP contribution in [-0.2, 0) is 11.2 Å². The second-order valence-electron chi connectivity index (χ2n) is 7.01. The number of carbonyl (C=O) groups is 1. The standard InChI is InChI=1S/C20H27ClN2O/c1-4-17-11-16(13-19(21)20(17)22)12-18(15(3)24)7-10-23-8-5-14(2)6-9-23/h1,11,13-14,18H,5-10,12,22H2,2-3H3/t18-/m1/s1.